The highest BCUT2D eigenvalue weighted by molar-refractivity contribution is 7.89. The average Bonchev–Trinajstić information content (AvgIpc) is 2.71. The summed E-state index contributed by atoms with van der Waals surface area (Å²) in [6.07, 6.45) is 1.75. The highest BCUT2D eigenvalue weighted by atomic mass is 32.2. The molecular weight excluding hydrogens is 264 g/mol. The Hall–Kier alpha value is -0.920. The zero-order valence-corrected chi connectivity index (χ0v) is 12.9. The van der Waals surface area contributed by atoms with Gasteiger partial charge < -0.3 is 5.32 Å². The molecule has 0 bridgehead atoms. The van der Waals surface area contributed by atoms with Crippen LogP contribution in [0, 0.1) is 6.92 Å². The minimum atomic E-state index is -3.55. The lowest BCUT2D eigenvalue weighted by Crippen LogP contribution is -2.33. The van der Waals surface area contributed by atoms with Crippen LogP contribution in [0.3, 0.4) is 0 Å². The number of aromatic amines is 1. The van der Waals surface area contributed by atoms with Gasteiger partial charge in [-0.1, -0.05) is 13.8 Å². The molecule has 1 unspecified atom stereocenters. The Labute approximate surface area is 115 Å². The third-order valence-corrected chi connectivity index (χ3v) is 4.55. The first-order chi connectivity index (χ1) is 8.92. The molecule has 1 aromatic rings. The zero-order valence-electron chi connectivity index (χ0n) is 12.1. The maximum absolute atomic E-state index is 12.2. The van der Waals surface area contributed by atoms with Crippen LogP contribution in [-0.2, 0) is 16.6 Å². The highest BCUT2D eigenvalue weighted by Crippen LogP contribution is 2.16. The van der Waals surface area contributed by atoms with Crippen LogP contribution in [-0.4, -0.2) is 31.2 Å². The van der Waals surface area contributed by atoms with Crippen LogP contribution < -0.4 is 10.0 Å². The lowest BCUT2D eigenvalue weighted by molar-refractivity contribution is 0.549. The van der Waals surface area contributed by atoms with Crippen LogP contribution in [0.4, 0.5) is 0 Å². The molecule has 6 nitrogen and oxygen atoms in total. The van der Waals surface area contributed by atoms with Gasteiger partial charge in [-0.05, 0) is 33.2 Å². The molecule has 0 saturated heterocycles. The Morgan fingerprint density at radius 1 is 1.37 bits per heavy atom. The first kappa shape index (κ1) is 16.1. The summed E-state index contributed by atoms with van der Waals surface area (Å²) < 4.78 is 27.1. The first-order valence-corrected chi connectivity index (χ1v) is 8.17. The molecule has 1 aromatic heterocycles. The van der Waals surface area contributed by atoms with Crippen LogP contribution >= 0.6 is 0 Å². The van der Waals surface area contributed by atoms with Crippen molar-refractivity contribution >= 4 is 10.0 Å². The van der Waals surface area contributed by atoms with Gasteiger partial charge in [0.25, 0.3) is 10.0 Å². The standard InChI is InChI=1S/C12H24N4O2S/c1-5-7-13-8-11-10(4)14-15-12(11)19(17,18)16-9(3)6-2/h9,13,16H,5-8H2,1-4H3,(H,14,15). The van der Waals surface area contributed by atoms with Crippen LogP contribution in [0.5, 0.6) is 0 Å². The van der Waals surface area contributed by atoms with Crippen LogP contribution in [0.1, 0.15) is 44.9 Å². The molecule has 7 heteroatoms. The molecule has 1 heterocycles. The topological polar surface area (TPSA) is 86.9 Å². The van der Waals surface area contributed by atoms with E-state index >= 15 is 0 Å². The molecule has 0 aromatic carbocycles. The number of sulfonamides is 1. The number of rotatable bonds is 8. The fourth-order valence-electron chi connectivity index (χ4n) is 1.65. The van der Waals surface area contributed by atoms with Gasteiger partial charge in [0.1, 0.15) is 0 Å². The fraction of sp³-hybridized carbons (Fsp3) is 0.750. The molecule has 110 valence electrons. The van der Waals surface area contributed by atoms with Crippen molar-refractivity contribution in [1.82, 2.24) is 20.2 Å². The molecule has 3 N–H and O–H groups in total. The van der Waals surface area contributed by atoms with Gasteiger partial charge in [-0.15, -0.1) is 0 Å². The molecule has 0 radical (unpaired) electrons. The number of nitrogens with one attached hydrogen (secondary N) is 3. The minimum Gasteiger partial charge on any atom is -0.313 e. The largest absolute Gasteiger partial charge is 0.313 e. The Morgan fingerprint density at radius 2 is 2.05 bits per heavy atom. The molecule has 1 rings (SSSR count). The molecule has 0 amide bonds. The van der Waals surface area contributed by atoms with Crippen molar-refractivity contribution in [1.29, 1.82) is 0 Å². The molecule has 0 saturated carbocycles. The monoisotopic (exact) mass is 288 g/mol. The summed E-state index contributed by atoms with van der Waals surface area (Å²) in [7, 11) is -3.55. The maximum atomic E-state index is 12.2. The summed E-state index contributed by atoms with van der Waals surface area (Å²) >= 11 is 0. The molecule has 0 aliphatic rings. The molecule has 0 fully saturated rings. The Morgan fingerprint density at radius 3 is 2.63 bits per heavy atom. The van der Waals surface area contributed by atoms with E-state index in [4.69, 9.17) is 0 Å². The van der Waals surface area contributed by atoms with E-state index in [1.807, 2.05) is 20.8 Å². The van der Waals surface area contributed by atoms with Gasteiger partial charge >= 0.3 is 0 Å². The van der Waals surface area contributed by atoms with Crippen LogP contribution in [0.25, 0.3) is 0 Å². The third-order valence-electron chi connectivity index (χ3n) is 2.99. The third kappa shape index (κ3) is 4.29. The number of hydrogen-bond acceptors (Lipinski definition) is 4. The molecular formula is C12H24N4O2S. The minimum absolute atomic E-state index is 0.0987. The van der Waals surface area contributed by atoms with Crippen molar-refractivity contribution in [3.05, 3.63) is 11.3 Å². The Bertz CT molecular complexity index is 496. The van der Waals surface area contributed by atoms with Crippen LogP contribution in [0.2, 0.25) is 0 Å². The summed E-state index contributed by atoms with van der Waals surface area (Å²) in [4.78, 5) is 0. The number of nitrogens with zero attached hydrogens (tertiary/aromatic N) is 1. The second kappa shape index (κ2) is 7.02. The second-order valence-electron chi connectivity index (χ2n) is 4.74. The van der Waals surface area contributed by atoms with E-state index in [9.17, 15) is 8.42 Å². The van der Waals surface area contributed by atoms with E-state index < -0.39 is 10.0 Å². The van der Waals surface area contributed by atoms with Gasteiger partial charge in [0.05, 0.1) is 0 Å². The smallest absolute Gasteiger partial charge is 0.260 e. The molecule has 0 aliphatic carbocycles. The first-order valence-electron chi connectivity index (χ1n) is 6.69. The van der Waals surface area contributed by atoms with Gasteiger partial charge in [0.15, 0.2) is 5.03 Å². The van der Waals surface area contributed by atoms with Crippen molar-refractivity contribution in [2.24, 2.45) is 0 Å². The van der Waals surface area contributed by atoms with Gasteiger partial charge in [0, 0.05) is 23.8 Å². The number of aromatic nitrogens is 2. The molecule has 0 aliphatic heterocycles. The number of H-pyrrole nitrogens is 1. The summed E-state index contributed by atoms with van der Waals surface area (Å²) in [5.74, 6) is 0. The fourth-order valence-corrected chi connectivity index (χ4v) is 3.18. The Kier molecular flexibility index (Phi) is 5.96. The van der Waals surface area contributed by atoms with Gasteiger partial charge in [-0.25, -0.2) is 13.1 Å². The van der Waals surface area contributed by atoms with Crippen molar-refractivity contribution in [3.63, 3.8) is 0 Å². The van der Waals surface area contributed by atoms with Crippen LogP contribution in [0.15, 0.2) is 5.03 Å². The van der Waals surface area contributed by atoms with Crippen molar-refractivity contribution in [2.45, 2.75) is 58.1 Å². The zero-order chi connectivity index (χ0) is 14.5. The van der Waals surface area contributed by atoms with Gasteiger partial charge in [0.2, 0.25) is 0 Å². The maximum Gasteiger partial charge on any atom is 0.260 e. The number of hydrogen-bond donors (Lipinski definition) is 3. The van der Waals surface area contributed by atoms with Crippen molar-refractivity contribution in [2.75, 3.05) is 6.54 Å². The predicted molar refractivity (Wildman–Crippen MR) is 75.4 cm³/mol. The van der Waals surface area contributed by atoms with E-state index in [-0.39, 0.29) is 11.1 Å². The van der Waals surface area contributed by atoms with Gasteiger partial charge in [-0.3, -0.25) is 5.10 Å². The number of aryl methyl sites for hydroxylation is 1. The summed E-state index contributed by atoms with van der Waals surface area (Å²) in [5, 5.41) is 10.0. The van der Waals surface area contributed by atoms with E-state index in [0.717, 1.165) is 25.1 Å². The van der Waals surface area contributed by atoms with Crippen molar-refractivity contribution < 1.29 is 8.42 Å². The molecule has 19 heavy (non-hydrogen) atoms. The predicted octanol–water partition coefficient (Wildman–Crippen LogP) is 1.29. The lowest BCUT2D eigenvalue weighted by Gasteiger charge is -2.12. The van der Waals surface area contributed by atoms with E-state index in [2.05, 4.69) is 27.2 Å². The molecule has 1 atom stereocenters. The van der Waals surface area contributed by atoms with Crippen molar-refractivity contribution in [3.8, 4) is 0 Å². The SMILES string of the molecule is CCCNCc1c(S(=O)(=O)NC(C)CC)n[nH]c1C. The van der Waals surface area contributed by atoms with E-state index in [0.29, 0.717) is 12.1 Å². The normalized spacial score (nSPS) is 13.7. The highest BCUT2D eigenvalue weighted by Gasteiger charge is 2.24. The average molecular weight is 288 g/mol. The van der Waals surface area contributed by atoms with E-state index in [1.165, 1.54) is 0 Å². The van der Waals surface area contributed by atoms with Gasteiger partial charge in [-0.2, -0.15) is 5.10 Å². The quantitative estimate of drug-likeness (QED) is 0.629. The molecule has 0 spiro atoms. The summed E-state index contributed by atoms with van der Waals surface area (Å²) in [5.41, 5.74) is 1.50. The lowest BCUT2D eigenvalue weighted by atomic mass is 10.2. The Balaban J connectivity index is 2.93. The van der Waals surface area contributed by atoms with E-state index in [1.54, 1.807) is 0 Å². The summed E-state index contributed by atoms with van der Waals surface area (Å²) in [6.45, 7) is 9.03. The summed E-state index contributed by atoms with van der Waals surface area (Å²) in [6, 6.07) is -0.0987. The second-order valence-corrected chi connectivity index (χ2v) is 6.37.